The lowest BCUT2D eigenvalue weighted by molar-refractivity contribution is 0.195. The molecule has 0 fully saturated rings. The molecule has 0 aliphatic rings. The smallest absolute Gasteiger partial charge is 0.213 e. The fourth-order valence-electron chi connectivity index (χ4n) is 1.50. The van der Waals surface area contributed by atoms with Gasteiger partial charge in [0.15, 0.2) is 5.96 Å². The van der Waals surface area contributed by atoms with Crippen molar-refractivity contribution >= 4 is 29.9 Å². The van der Waals surface area contributed by atoms with E-state index < -0.39 is 0 Å². The van der Waals surface area contributed by atoms with Crippen LogP contribution < -0.4 is 15.4 Å². The normalized spacial score (nSPS) is 10.7. The zero-order valence-corrected chi connectivity index (χ0v) is 14.5. The van der Waals surface area contributed by atoms with E-state index >= 15 is 0 Å². The molecule has 0 amide bonds. The maximum atomic E-state index is 5.08. The summed E-state index contributed by atoms with van der Waals surface area (Å²) in [5.41, 5.74) is 1.09. The van der Waals surface area contributed by atoms with Crippen LogP contribution in [0.5, 0.6) is 5.88 Å². The van der Waals surface area contributed by atoms with Gasteiger partial charge >= 0.3 is 0 Å². The number of guanidine groups is 1. The molecule has 2 N–H and O–H groups in total. The number of aliphatic imine (C=N–C) groups is 1. The molecule has 0 aliphatic carbocycles. The van der Waals surface area contributed by atoms with Crippen LogP contribution in [0.2, 0.25) is 0 Å². The number of halogens is 1. The van der Waals surface area contributed by atoms with Crippen molar-refractivity contribution in [2.24, 2.45) is 4.99 Å². The number of hydrogen-bond donors (Lipinski definition) is 2. The Labute approximate surface area is 137 Å². The van der Waals surface area contributed by atoms with E-state index in [4.69, 9.17) is 9.47 Å². The van der Waals surface area contributed by atoms with Crippen LogP contribution in [0, 0.1) is 0 Å². The quantitative estimate of drug-likeness (QED) is 0.317. The summed E-state index contributed by atoms with van der Waals surface area (Å²) in [5, 5.41) is 6.44. The van der Waals surface area contributed by atoms with E-state index in [0.717, 1.165) is 31.1 Å². The Hall–Kier alpha value is -1.09. The molecule has 0 aliphatic heterocycles. The van der Waals surface area contributed by atoms with Crippen molar-refractivity contribution in [2.75, 3.05) is 34.4 Å². The summed E-state index contributed by atoms with van der Waals surface area (Å²) in [6.45, 7) is 2.24. The van der Waals surface area contributed by atoms with Gasteiger partial charge in [0.05, 0.1) is 7.11 Å². The van der Waals surface area contributed by atoms with Crippen LogP contribution in [-0.4, -0.2) is 45.4 Å². The minimum atomic E-state index is 0. The van der Waals surface area contributed by atoms with Crippen LogP contribution in [0.15, 0.2) is 23.3 Å². The lowest BCUT2D eigenvalue weighted by Gasteiger charge is -2.12. The van der Waals surface area contributed by atoms with Crippen molar-refractivity contribution in [2.45, 2.75) is 13.0 Å². The van der Waals surface area contributed by atoms with E-state index in [2.05, 4.69) is 20.6 Å². The van der Waals surface area contributed by atoms with Crippen molar-refractivity contribution in [3.05, 3.63) is 23.9 Å². The van der Waals surface area contributed by atoms with Crippen LogP contribution >= 0.6 is 24.0 Å². The minimum absolute atomic E-state index is 0. The number of aromatic nitrogens is 1. The van der Waals surface area contributed by atoms with Crippen LogP contribution in [0.4, 0.5) is 0 Å². The van der Waals surface area contributed by atoms with Crippen LogP contribution in [0.25, 0.3) is 0 Å². The molecule has 1 aromatic rings. The predicted octanol–water partition coefficient (Wildman–Crippen LogP) is 1.41. The highest BCUT2D eigenvalue weighted by molar-refractivity contribution is 14.0. The van der Waals surface area contributed by atoms with Gasteiger partial charge < -0.3 is 20.1 Å². The number of hydrogen-bond acceptors (Lipinski definition) is 4. The molecule has 1 aromatic heterocycles. The van der Waals surface area contributed by atoms with Gasteiger partial charge in [-0.3, -0.25) is 4.99 Å². The fourth-order valence-corrected chi connectivity index (χ4v) is 1.50. The van der Waals surface area contributed by atoms with E-state index in [1.807, 2.05) is 12.1 Å². The number of methoxy groups -OCH3 is 2. The molecule has 0 saturated heterocycles. The van der Waals surface area contributed by atoms with Gasteiger partial charge in [-0.05, 0) is 18.1 Å². The summed E-state index contributed by atoms with van der Waals surface area (Å²) in [4.78, 5) is 8.22. The van der Waals surface area contributed by atoms with Gasteiger partial charge in [-0.1, -0.05) is 0 Å². The third-order valence-electron chi connectivity index (χ3n) is 2.51. The average molecular weight is 394 g/mol. The Morgan fingerprint density at radius 3 is 2.80 bits per heavy atom. The topological polar surface area (TPSA) is 67.8 Å². The van der Waals surface area contributed by atoms with Crippen LogP contribution in [0.1, 0.15) is 12.0 Å². The highest BCUT2D eigenvalue weighted by Gasteiger charge is 2.00. The third kappa shape index (κ3) is 7.49. The Morgan fingerprint density at radius 1 is 1.35 bits per heavy atom. The molecular formula is C13H23IN4O2. The first-order valence-electron chi connectivity index (χ1n) is 6.22. The number of nitrogens with one attached hydrogen (secondary N) is 2. The first-order valence-corrected chi connectivity index (χ1v) is 6.22. The molecule has 20 heavy (non-hydrogen) atoms. The lowest BCUT2D eigenvalue weighted by Crippen LogP contribution is -2.37. The summed E-state index contributed by atoms with van der Waals surface area (Å²) < 4.78 is 10.1. The standard InChI is InChI=1S/C13H22N4O2.HI/c1-14-13(16-6-4-8-18-2)17-10-11-5-7-15-12(9-11)19-3;/h5,7,9H,4,6,8,10H2,1-3H3,(H2,14,16,17);1H. The maximum Gasteiger partial charge on any atom is 0.213 e. The molecule has 7 heteroatoms. The molecule has 0 aromatic carbocycles. The van der Waals surface area contributed by atoms with Gasteiger partial charge in [0.1, 0.15) is 0 Å². The van der Waals surface area contributed by atoms with Crippen LogP contribution in [0.3, 0.4) is 0 Å². The second kappa shape index (κ2) is 11.7. The molecule has 0 bridgehead atoms. The molecule has 0 unspecified atom stereocenters. The zero-order chi connectivity index (χ0) is 13.9. The van der Waals surface area contributed by atoms with Crippen molar-refractivity contribution in [1.82, 2.24) is 15.6 Å². The molecule has 0 saturated carbocycles. The molecular weight excluding hydrogens is 371 g/mol. The summed E-state index contributed by atoms with van der Waals surface area (Å²) in [5.74, 6) is 1.38. The minimum Gasteiger partial charge on any atom is -0.481 e. The third-order valence-corrected chi connectivity index (χ3v) is 2.51. The van der Waals surface area contributed by atoms with Crippen molar-refractivity contribution in [1.29, 1.82) is 0 Å². The highest BCUT2D eigenvalue weighted by atomic mass is 127. The number of pyridine rings is 1. The Bertz CT molecular complexity index is 402. The maximum absolute atomic E-state index is 5.08. The van der Waals surface area contributed by atoms with Gasteiger partial charge in [0.2, 0.25) is 5.88 Å². The van der Waals surface area contributed by atoms with Gasteiger partial charge in [-0.25, -0.2) is 4.98 Å². The molecule has 0 spiro atoms. The number of nitrogens with zero attached hydrogens (tertiary/aromatic N) is 2. The van der Waals surface area contributed by atoms with E-state index in [0.29, 0.717) is 12.4 Å². The molecule has 114 valence electrons. The van der Waals surface area contributed by atoms with E-state index in [9.17, 15) is 0 Å². The SMILES string of the molecule is CN=C(NCCCOC)NCc1ccnc(OC)c1.I. The Balaban J connectivity index is 0.00000361. The highest BCUT2D eigenvalue weighted by Crippen LogP contribution is 2.07. The summed E-state index contributed by atoms with van der Waals surface area (Å²) >= 11 is 0. The Morgan fingerprint density at radius 2 is 2.15 bits per heavy atom. The molecule has 1 heterocycles. The van der Waals surface area contributed by atoms with E-state index in [-0.39, 0.29) is 24.0 Å². The average Bonchev–Trinajstić information content (AvgIpc) is 2.47. The predicted molar refractivity (Wildman–Crippen MR) is 90.9 cm³/mol. The molecule has 6 nitrogen and oxygen atoms in total. The second-order valence-corrected chi connectivity index (χ2v) is 3.91. The molecule has 0 atom stereocenters. The van der Waals surface area contributed by atoms with Gasteiger partial charge in [0.25, 0.3) is 0 Å². The first-order chi connectivity index (χ1) is 9.30. The van der Waals surface area contributed by atoms with Gasteiger partial charge in [-0.15, -0.1) is 24.0 Å². The molecule has 1 rings (SSSR count). The lowest BCUT2D eigenvalue weighted by atomic mass is 10.2. The van der Waals surface area contributed by atoms with Crippen molar-refractivity contribution in [3.8, 4) is 5.88 Å². The fraction of sp³-hybridized carbons (Fsp3) is 0.538. The molecule has 0 radical (unpaired) electrons. The van der Waals surface area contributed by atoms with Crippen molar-refractivity contribution in [3.63, 3.8) is 0 Å². The van der Waals surface area contributed by atoms with E-state index in [1.165, 1.54) is 0 Å². The van der Waals surface area contributed by atoms with Gasteiger partial charge in [0, 0.05) is 46.1 Å². The number of rotatable bonds is 7. The zero-order valence-electron chi connectivity index (χ0n) is 12.2. The summed E-state index contributed by atoms with van der Waals surface area (Å²) in [7, 11) is 5.05. The van der Waals surface area contributed by atoms with Crippen LogP contribution in [-0.2, 0) is 11.3 Å². The second-order valence-electron chi connectivity index (χ2n) is 3.91. The largest absolute Gasteiger partial charge is 0.481 e. The number of ether oxygens (including phenoxy) is 2. The summed E-state index contributed by atoms with van der Waals surface area (Å²) in [6, 6.07) is 3.83. The Kier molecular flexibility index (Phi) is 11.1. The van der Waals surface area contributed by atoms with E-state index in [1.54, 1.807) is 27.5 Å². The van der Waals surface area contributed by atoms with Gasteiger partial charge in [-0.2, -0.15) is 0 Å². The first kappa shape index (κ1) is 18.9. The monoisotopic (exact) mass is 394 g/mol. The summed E-state index contributed by atoms with van der Waals surface area (Å²) in [6.07, 6.45) is 2.67. The van der Waals surface area contributed by atoms with Crippen molar-refractivity contribution < 1.29 is 9.47 Å².